The van der Waals surface area contributed by atoms with Crippen LogP contribution in [0.3, 0.4) is 0 Å². The van der Waals surface area contributed by atoms with Crippen molar-refractivity contribution in [1.29, 1.82) is 0 Å². The van der Waals surface area contributed by atoms with Crippen LogP contribution in [-0.2, 0) is 0 Å². The molecule has 0 radical (unpaired) electrons. The molecule has 110 valence electrons. The number of nitrogens with zero attached hydrogens (tertiary/aromatic N) is 3. The number of hydrogen-bond acceptors (Lipinski definition) is 4. The molecule has 3 fully saturated rings. The van der Waals surface area contributed by atoms with Gasteiger partial charge < -0.3 is 9.80 Å². The van der Waals surface area contributed by atoms with Crippen molar-refractivity contribution in [2.24, 2.45) is 0 Å². The summed E-state index contributed by atoms with van der Waals surface area (Å²) in [6.07, 6.45) is 5.71. The van der Waals surface area contributed by atoms with Crippen molar-refractivity contribution < 1.29 is 0 Å². The van der Waals surface area contributed by atoms with Gasteiger partial charge in [0.2, 0.25) is 0 Å². The van der Waals surface area contributed by atoms with Gasteiger partial charge in [-0.15, -0.1) is 0 Å². The molecule has 0 N–H and O–H groups in total. The minimum atomic E-state index is 0.869. The lowest BCUT2D eigenvalue weighted by atomic mass is 10.0. The molecule has 19 heavy (non-hydrogen) atoms. The number of fused-ring (bicyclic) bond motifs is 1. The molecule has 3 aliphatic heterocycles. The fourth-order valence-electron chi connectivity index (χ4n) is 3.76. The lowest BCUT2D eigenvalue weighted by Crippen LogP contribution is -2.45. The molecule has 0 saturated carbocycles. The first-order valence-electron chi connectivity index (χ1n) is 8.18. The van der Waals surface area contributed by atoms with Gasteiger partial charge in [-0.05, 0) is 38.9 Å². The van der Waals surface area contributed by atoms with Gasteiger partial charge >= 0.3 is 0 Å². The molecule has 0 aliphatic carbocycles. The zero-order valence-corrected chi connectivity index (χ0v) is 13.0. The SMILES string of the molecule is C1CCN2CCCN(CCN3CCSCC3)CC2C1. The highest BCUT2D eigenvalue weighted by Gasteiger charge is 2.27. The second-order valence-corrected chi connectivity index (χ2v) is 7.52. The Morgan fingerprint density at radius 1 is 0.789 bits per heavy atom. The van der Waals surface area contributed by atoms with E-state index in [4.69, 9.17) is 0 Å². The van der Waals surface area contributed by atoms with E-state index >= 15 is 0 Å². The van der Waals surface area contributed by atoms with Gasteiger partial charge in [-0.2, -0.15) is 11.8 Å². The maximum atomic E-state index is 2.76. The first-order chi connectivity index (χ1) is 9.42. The van der Waals surface area contributed by atoms with Crippen LogP contribution in [-0.4, -0.2) is 84.6 Å². The molecule has 0 spiro atoms. The highest BCUT2D eigenvalue weighted by atomic mass is 32.2. The van der Waals surface area contributed by atoms with Crippen molar-refractivity contribution in [3.05, 3.63) is 0 Å². The molecule has 3 heterocycles. The molecule has 0 bridgehead atoms. The molecule has 0 aromatic rings. The second kappa shape index (κ2) is 7.30. The molecule has 1 unspecified atom stereocenters. The van der Waals surface area contributed by atoms with E-state index in [0.717, 1.165) is 6.04 Å². The van der Waals surface area contributed by atoms with Crippen molar-refractivity contribution >= 4 is 11.8 Å². The summed E-state index contributed by atoms with van der Waals surface area (Å²) in [6, 6.07) is 0.869. The highest BCUT2D eigenvalue weighted by Crippen LogP contribution is 2.20. The fraction of sp³-hybridized carbons (Fsp3) is 1.00. The summed E-state index contributed by atoms with van der Waals surface area (Å²) in [6.45, 7) is 10.6. The van der Waals surface area contributed by atoms with E-state index in [1.807, 2.05) is 0 Å². The van der Waals surface area contributed by atoms with Crippen molar-refractivity contribution in [1.82, 2.24) is 14.7 Å². The van der Waals surface area contributed by atoms with Crippen LogP contribution in [0.25, 0.3) is 0 Å². The van der Waals surface area contributed by atoms with Crippen molar-refractivity contribution in [2.45, 2.75) is 31.7 Å². The second-order valence-electron chi connectivity index (χ2n) is 6.29. The molecular weight excluding hydrogens is 254 g/mol. The fourth-order valence-corrected chi connectivity index (χ4v) is 4.74. The average molecular weight is 283 g/mol. The van der Waals surface area contributed by atoms with Crippen LogP contribution in [0.5, 0.6) is 0 Å². The minimum Gasteiger partial charge on any atom is -0.300 e. The van der Waals surface area contributed by atoms with Gasteiger partial charge in [0.15, 0.2) is 0 Å². The van der Waals surface area contributed by atoms with Crippen LogP contribution < -0.4 is 0 Å². The van der Waals surface area contributed by atoms with E-state index in [2.05, 4.69) is 26.5 Å². The summed E-state index contributed by atoms with van der Waals surface area (Å²) < 4.78 is 0. The Morgan fingerprint density at radius 2 is 1.58 bits per heavy atom. The lowest BCUT2D eigenvalue weighted by molar-refractivity contribution is 0.131. The molecule has 3 rings (SSSR count). The molecule has 0 amide bonds. The van der Waals surface area contributed by atoms with Gasteiger partial charge in [0, 0.05) is 50.3 Å². The largest absolute Gasteiger partial charge is 0.300 e. The van der Waals surface area contributed by atoms with Crippen LogP contribution in [0, 0.1) is 0 Å². The Bertz CT molecular complexity index is 268. The predicted molar refractivity (Wildman–Crippen MR) is 84.0 cm³/mol. The van der Waals surface area contributed by atoms with E-state index in [1.165, 1.54) is 89.5 Å². The molecule has 3 nitrogen and oxygen atoms in total. The van der Waals surface area contributed by atoms with Crippen LogP contribution in [0.1, 0.15) is 25.7 Å². The Hall–Kier alpha value is 0.230. The molecular formula is C15H29N3S. The van der Waals surface area contributed by atoms with Crippen LogP contribution in [0.4, 0.5) is 0 Å². The first-order valence-corrected chi connectivity index (χ1v) is 9.34. The summed E-state index contributed by atoms with van der Waals surface area (Å²) >= 11 is 2.12. The van der Waals surface area contributed by atoms with Crippen molar-refractivity contribution in [3.8, 4) is 0 Å². The summed E-state index contributed by atoms with van der Waals surface area (Å²) in [5.41, 5.74) is 0. The van der Waals surface area contributed by atoms with Gasteiger partial charge in [0.05, 0.1) is 0 Å². The minimum absolute atomic E-state index is 0.869. The maximum Gasteiger partial charge on any atom is 0.0223 e. The van der Waals surface area contributed by atoms with Crippen LogP contribution in [0.2, 0.25) is 0 Å². The first kappa shape index (κ1) is 14.2. The third kappa shape index (κ3) is 4.10. The van der Waals surface area contributed by atoms with Gasteiger partial charge in [-0.1, -0.05) is 6.42 Å². The number of hydrogen-bond donors (Lipinski definition) is 0. The molecule has 4 heteroatoms. The van der Waals surface area contributed by atoms with E-state index in [-0.39, 0.29) is 0 Å². The summed E-state index contributed by atoms with van der Waals surface area (Å²) in [7, 11) is 0. The predicted octanol–water partition coefficient (Wildman–Crippen LogP) is 1.60. The Kier molecular flexibility index (Phi) is 5.45. The summed E-state index contributed by atoms with van der Waals surface area (Å²) in [5.74, 6) is 2.69. The topological polar surface area (TPSA) is 9.72 Å². The van der Waals surface area contributed by atoms with E-state index < -0.39 is 0 Å². The van der Waals surface area contributed by atoms with Gasteiger partial charge in [0.1, 0.15) is 0 Å². The van der Waals surface area contributed by atoms with Gasteiger partial charge in [0.25, 0.3) is 0 Å². The normalized spacial score (nSPS) is 31.9. The van der Waals surface area contributed by atoms with Gasteiger partial charge in [-0.25, -0.2) is 0 Å². The average Bonchev–Trinajstić information content (AvgIpc) is 2.68. The Balaban J connectivity index is 1.44. The maximum absolute atomic E-state index is 2.76. The van der Waals surface area contributed by atoms with Crippen LogP contribution >= 0.6 is 11.8 Å². The van der Waals surface area contributed by atoms with Gasteiger partial charge in [-0.3, -0.25) is 4.90 Å². The number of rotatable bonds is 3. The third-order valence-corrected chi connectivity index (χ3v) is 5.92. The zero-order valence-electron chi connectivity index (χ0n) is 12.2. The molecule has 0 aromatic heterocycles. The number of thioether (sulfide) groups is 1. The quantitative estimate of drug-likeness (QED) is 0.778. The molecule has 1 atom stereocenters. The monoisotopic (exact) mass is 283 g/mol. The zero-order chi connectivity index (χ0) is 12.9. The van der Waals surface area contributed by atoms with E-state index in [0.29, 0.717) is 0 Å². The standard InChI is InChI=1S/C15H29N3S/c1-2-6-18-7-3-5-17(14-15(18)4-1)9-8-16-10-12-19-13-11-16/h15H,1-14H2. The lowest BCUT2D eigenvalue weighted by Gasteiger charge is -2.36. The van der Waals surface area contributed by atoms with Crippen LogP contribution in [0.15, 0.2) is 0 Å². The van der Waals surface area contributed by atoms with E-state index in [9.17, 15) is 0 Å². The Labute approximate surface area is 122 Å². The summed E-state index contributed by atoms with van der Waals surface area (Å²) in [5, 5.41) is 0. The van der Waals surface area contributed by atoms with Crippen molar-refractivity contribution in [3.63, 3.8) is 0 Å². The molecule has 3 aliphatic rings. The number of piperidine rings is 1. The third-order valence-electron chi connectivity index (χ3n) is 4.97. The summed E-state index contributed by atoms with van der Waals surface area (Å²) in [4.78, 5) is 8.18. The smallest absolute Gasteiger partial charge is 0.0223 e. The highest BCUT2D eigenvalue weighted by molar-refractivity contribution is 7.99. The molecule has 3 saturated heterocycles. The Morgan fingerprint density at radius 3 is 2.47 bits per heavy atom. The molecule has 0 aromatic carbocycles. The van der Waals surface area contributed by atoms with E-state index in [1.54, 1.807) is 0 Å². The van der Waals surface area contributed by atoms with Crippen molar-refractivity contribution in [2.75, 3.05) is 63.9 Å².